The number of benzene rings is 3. The van der Waals surface area contributed by atoms with Gasteiger partial charge in [-0.2, -0.15) is 5.26 Å². The van der Waals surface area contributed by atoms with Gasteiger partial charge in [0.2, 0.25) is 0 Å². The van der Waals surface area contributed by atoms with E-state index < -0.39 is 5.97 Å². The number of carboxylic acid groups (broad SMARTS) is 1. The number of nitrogens with zero attached hydrogens (tertiary/aromatic N) is 3. The Bertz CT molecular complexity index is 1150. The van der Waals surface area contributed by atoms with Crippen molar-refractivity contribution in [3.8, 4) is 22.9 Å². The Morgan fingerprint density at radius 3 is 2.23 bits per heavy atom. The summed E-state index contributed by atoms with van der Waals surface area (Å²) in [5.74, 6) is -0.962. The number of imidazole rings is 1. The minimum atomic E-state index is -0.962. The van der Waals surface area contributed by atoms with Crippen LogP contribution in [0.5, 0.6) is 0 Å². The zero-order valence-electron chi connectivity index (χ0n) is 13.6. The first-order valence-electron chi connectivity index (χ1n) is 7.97. The molecule has 1 heterocycles. The molecule has 3 aromatic carbocycles. The molecular formula is C21H13N3O2. The van der Waals surface area contributed by atoms with Crippen molar-refractivity contribution < 1.29 is 9.90 Å². The van der Waals surface area contributed by atoms with Gasteiger partial charge in [-0.25, -0.2) is 9.78 Å². The monoisotopic (exact) mass is 339 g/mol. The van der Waals surface area contributed by atoms with Gasteiger partial charge in [-0.3, -0.25) is 4.57 Å². The van der Waals surface area contributed by atoms with Crippen molar-refractivity contribution in [1.82, 2.24) is 9.55 Å². The van der Waals surface area contributed by atoms with E-state index in [2.05, 4.69) is 11.1 Å². The molecule has 5 heteroatoms. The van der Waals surface area contributed by atoms with E-state index in [4.69, 9.17) is 5.26 Å². The summed E-state index contributed by atoms with van der Waals surface area (Å²) >= 11 is 0. The van der Waals surface area contributed by atoms with E-state index >= 15 is 0 Å². The Morgan fingerprint density at radius 2 is 1.62 bits per heavy atom. The van der Waals surface area contributed by atoms with Crippen LogP contribution in [0.1, 0.15) is 15.9 Å². The molecular weight excluding hydrogens is 326 g/mol. The predicted molar refractivity (Wildman–Crippen MR) is 98.2 cm³/mol. The zero-order chi connectivity index (χ0) is 18.1. The smallest absolute Gasteiger partial charge is 0.335 e. The number of aromatic nitrogens is 2. The Balaban J connectivity index is 1.72. The molecule has 0 aliphatic heterocycles. The van der Waals surface area contributed by atoms with Crippen molar-refractivity contribution in [2.75, 3.05) is 0 Å². The fourth-order valence-corrected chi connectivity index (χ4v) is 2.90. The third-order valence-corrected chi connectivity index (χ3v) is 4.29. The van der Waals surface area contributed by atoms with Gasteiger partial charge >= 0.3 is 5.97 Å². The highest BCUT2D eigenvalue weighted by Gasteiger charge is 2.09. The summed E-state index contributed by atoms with van der Waals surface area (Å²) in [7, 11) is 0. The third-order valence-electron chi connectivity index (χ3n) is 4.29. The molecule has 4 aromatic rings. The molecule has 0 radical (unpaired) electrons. The fourth-order valence-electron chi connectivity index (χ4n) is 2.90. The quantitative estimate of drug-likeness (QED) is 0.605. The van der Waals surface area contributed by atoms with Crippen molar-refractivity contribution in [1.29, 1.82) is 5.26 Å². The van der Waals surface area contributed by atoms with Gasteiger partial charge in [0, 0.05) is 5.69 Å². The molecule has 0 saturated carbocycles. The maximum Gasteiger partial charge on any atom is 0.335 e. The van der Waals surface area contributed by atoms with Gasteiger partial charge in [0.05, 0.1) is 28.2 Å². The van der Waals surface area contributed by atoms with E-state index in [1.807, 2.05) is 41.0 Å². The first-order valence-corrected chi connectivity index (χ1v) is 7.97. The summed E-state index contributed by atoms with van der Waals surface area (Å²) in [4.78, 5) is 15.5. The first kappa shape index (κ1) is 15.6. The molecule has 26 heavy (non-hydrogen) atoms. The lowest BCUT2D eigenvalue weighted by Gasteiger charge is -2.07. The van der Waals surface area contributed by atoms with Crippen LogP contribution in [0.2, 0.25) is 0 Å². The summed E-state index contributed by atoms with van der Waals surface area (Å²) < 4.78 is 1.87. The lowest BCUT2D eigenvalue weighted by Crippen LogP contribution is -1.97. The molecule has 0 bridgehead atoms. The standard InChI is InChI=1S/C21H13N3O2/c22-12-14-1-3-15(4-2-14)16-5-8-18(9-6-16)24-13-23-19-10-7-17(21(25)26)11-20(19)24/h1-11,13H,(H,25,26). The third kappa shape index (κ3) is 2.70. The number of aromatic carboxylic acids is 1. The van der Waals surface area contributed by atoms with E-state index in [1.54, 1.807) is 36.7 Å². The second kappa shape index (κ2) is 6.19. The van der Waals surface area contributed by atoms with Crippen molar-refractivity contribution in [2.24, 2.45) is 0 Å². The molecule has 0 aliphatic rings. The minimum Gasteiger partial charge on any atom is -0.478 e. The summed E-state index contributed by atoms with van der Waals surface area (Å²) in [5.41, 5.74) is 5.31. The highest BCUT2D eigenvalue weighted by molar-refractivity contribution is 5.92. The average Bonchev–Trinajstić information content (AvgIpc) is 3.11. The van der Waals surface area contributed by atoms with E-state index in [-0.39, 0.29) is 5.56 Å². The molecule has 4 rings (SSSR count). The van der Waals surface area contributed by atoms with Gasteiger partial charge in [0.1, 0.15) is 6.33 Å². The topological polar surface area (TPSA) is 78.9 Å². The second-order valence-corrected chi connectivity index (χ2v) is 5.86. The number of fused-ring (bicyclic) bond motifs is 1. The van der Waals surface area contributed by atoms with Crippen LogP contribution in [0.4, 0.5) is 0 Å². The maximum absolute atomic E-state index is 11.2. The maximum atomic E-state index is 11.2. The molecule has 0 saturated heterocycles. The van der Waals surface area contributed by atoms with Gasteiger partial charge in [0.15, 0.2) is 0 Å². The molecule has 1 N–H and O–H groups in total. The Labute approximate surface area is 149 Å². The summed E-state index contributed by atoms with van der Waals surface area (Å²) in [5, 5.41) is 18.1. The van der Waals surface area contributed by atoms with Gasteiger partial charge in [0.25, 0.3) is 0 Å². The van der Waals surface area contributed by atoms with Crippen LogP contribution in [0.3, 0.4) is 0 Å². The number of hydrogen-bond donors (Lipinski definition) is 1. The molecule has 0 amide bonds. The van der Waals surface area contributed by atoms with E-state index in [0.717, 1.165) is 27.8 Å². The Hall–Kier alpha value is -3.91. The number of carboxylic acids is 1. The summed E-state index contributed by atoms with van der Waals surface area (Å²) in [6, 6.07) is 22.3. The normalized spacial score (nSPS) is 10.6. The van der Waals surface area contributed by atoms with Gasteiger partial charge in [-0.1, -0.05) is 24.3 Å². The van der Waals surface area contributed by atoms with E-state index in [1.165, 1.54) is 0 Å². The molecule has 5 nitrogen and oxygen atoms in total. The molecule has 0 atom stereocenters. The van der Waals surface area contributed by atoms with E-state index in [0.29, 0.717) is 5.56 Å². The molecule has 124 valence electrons. The van der Waals surface area contributed by atoms with Crippen LogP contribution in [-0.4, -0.2) is 20.6 Å². The zero-order valence-corrected chi connectivity index (χ0v) is 13.6. The number of rotatable bonds is 3. The highest BCUT2D eigenvalue weighted by Crippen LogP contribution is 2.24. The number of carbonyl (C=O) groups is 1. The minimum absolute atomic E-state index is 0.230. The second-order valence-electron chi connectivity index (χ2n) is 5.86. The first-order chi connectivity index (χ1) is 12.7. The summed E-state index contributed by atoms with van der Waals surface area (Å²) in [6.45, 7) is 0. The largest absolute Gasteiger partial charge is 0.478 e. The van der Waals surface area contributed by atoms with Crippen molar-refractivity contribution in [3.05, 3.63) is 84.2 Å². The van der Waals surface area contributed by atoms with Crippen LogP contribution in [-0.2, 0) is 0 Å². The lowest BCUT2D eigenvalue weighted by molar-refractivity contribution is 0.0697. The predicted octanol–water partition coefficient (Wildman–Crippen LogP) is 4.26. The van der Waals surface area contributed by atoms with Crippen LogP contribution >= 0.6 is 0 Å². The van der Waals surface area contributed by atoms with Crippen molar-refractivity contribution >= 4 is 17.0 Å². The van der Waals surface area contributed by atoms with Crippen LogP contribution in [0, 0.1) is 11.3 Å². The average molecular weight is 339 g/mol. The van der Waals surface area contributed by atoms with Crippen LogP contribution < -0.4 is 0 Å². The Kier molecular flexibility index (Phi) is 3.71. The van der Waals surface area contributed by atoms with Crippen LogP contribution in [0.15, 0.2) is 73.1 Å². The van der Waals surface area contributed by atoms with Crippen molar-refractivity contribution in [2.45, 2.75) is 0 Å². The number of nitriles is 1. The highest BCUT2D eigenvalue weighted by atomic mass is 16.4. The fraction of sp³-hybridized carbons (Fsp3) is 0. The van der Waals surface area contributed by atoms with Crippen molar-refractivity contribution in [3.63, 3.8) is 0 Å². The Morgan fingerprint density at radius 1 is 0.962 bits per heavy atom. The lowest BCUT2D eigenvalue weighted by atomic mass is 10.0. The van der Waals surface area contributed by atoms with E-state index in [9.17, 15) is 9.90 Å². The van der Waals surface area contributed by atoms with Gasteiger partial charge < -0.3 is 5.11 Å². The summed E-state index contributed by atoms with van der Waals surface area (Å²) in [6.07, 6.45) is 1.69. The SMILES string of the molecule is N#Cc1ccc(-c2ccc(-n3cnc4ccc(C(=O)O)cc43)cc2)cc1. The molecule has 0 fully saturated rings. The van der Waals surface area contributed by atoms with Gasteiger partial charge in [-0.15, -0.1) is 0 Å². The number of hydrogen-bond acceptors (Lipinski definition) is 3. The van der Waals surface area contributed by atoms with Crippen LogP contribution in [0.25, 0.3) is 27.8 Å². The molecule has 0 spiro atoms. The molecule has 0 unspecified atom stereocenters. The van der Waals surface area contributed by atoms with Gasteiger partial charge in [-0.05, 0) is 53.6 Å². The molecule has 1 aromatic heterocycles. The molecule has 0 aliphatic carbocycles.